The van der Waals surface area contributed by atoms with Crippen molar-refractivity contribution in [2.75, 3.05) is 6.54 Å². The molecule has 0 atom stereocenters. The van der Waals surface area contributed by atoms with E-state index in [1.807, 2.05) is 12.1 Å². The fourth-order valence-electron chi connectivity index (χ4n) is 1.21. The molecule has 1 aliphatic rings. The van der Waals surface area contributed by atoms with Gasteiger partial charge in [0.25, 0.3) is 0 Å². The van der Waals surface area contributed by atoms with E-state index < -0.39 is 0 Å². The van der Waals surface area contributed by atoms with Gasteiger partial charge in [-0.25, -0.2) is 0 Å². The van der Waals surface area contributed by atoms with Crippen LogP contribution >= 0.6 is 0 Å². The van der Waals surface area contributed by atoms with Crippen LogP contribution in [0.1, 0.15) is 5.56 Å². The molecule has 0 aromatic heterocycles. The van der Waals surface area contributed by atoms with Gasteiger partial charge in [-0.2, -0.15) is 0 Å². The molecule has 0 radical (unpaired) electrons. The first-order chi connectivity index (χ1) is 5.36. The predicted molar refractivity (Wildman–Crippen MR) is 46.6 cm³/mol. The van der Waals surface area contributed by atoms with Crippen molar-refractivity contribution >= 4 is 12.7 Å². The van der Waals surface area contributed by atoms with Crippen molar-refractivity contribution in [1.29, 1.82) is 0 Å². The summed E-state index contributed by atoms with van der Waals surface area (Å²) < 4.78 is 0. The summed E-state index contributed by atoms with van der Waals surface area (Å²) in [5, 5.41) is 2.13. The fraction of sp³-hybridized carbons (Fsp3) is 0.100. The lowest BCUT2D eigenvalue weighted by Crippen LogP contribution is -2.13. The van der Waals surface area contributed by atoms with E-state index in [0.29, 0.717) is 0 Å². The van der Waals surface area contributed by atoms with Crippen molar-refractivity contribution in [2.24, 2.45) is 4.99 Å². The molecule has 1 aromatic carbocycles. The summed E-state index contributed by atoms with van der Waals surface area (Å²) in [6.07, 6.45) is 4.15. The largest absolute Gasteiger partial charge is 0.281 e. The molecule has 1 aliphatic heterocycles. The van der Waals surface area contributed by atoms with Crippen LogP contribution in [0.3, 0.4) is 0 Å². The van der Waals surface area contributed by atoms with E-state index >= 15 is 0 Å². The maximum atomic E-state index is 4.32. The first-order valence-electron chi connectivity index (χ1n) is 3.66. The predicted octanol–water partition coefficient (Wildman–Crippen LogP) is 0.743. The second-order valence-electron chi connectivity index (χ2n) is 2.64. The molecule has 1 nitrogen and oxygen atoms in total. The zero-order valence-electron chi connectivity index (χ0n) is 6.25. The van der Waals surface area contributed by atoms with Crippen molar-refractivity contribution in [1.82, 2.24) is 0 Å². The number of hydrogen-bond acceptors (Lipinski definition) is 1. The highest BCUT2D eigenvalue weighted by Crippen LogP contribution is 1.95. The molecule has 0 aliphatic carbocycles. The molecule has 1 heteroatoms. The van der Waals surface area contributed by atoms with Gasteiger partial charge in [0.05, 0.1) is 11.9 Å². The normalized spacial score (nSPS) is 13.8. The van der Waals surface area contributed by atoms with Crippen molar-refractivity contribution in [2.45, 2.75) is 0 Å². The quantitative estimate of drug-likeness (QED) is 0.508. The monoisotopic (exact) mass is 143 g/mol. The Labute approximate surface area is 65.4 Å². The molecule has 0 amide bonds. The van der Waals surface area contributed by atoms with Crippen LogP contribution < -0.4 is 10.6 Å². The maximum Gasteiger partial charge on any atom is 0.0650 e. The molecule has 2 rings (SSSR count). The van der Waals surface area contributed by atoms with Gasteiger partial charge < -0.3 is 0 Å². The molecular formula is C10H9N. The van der Waals surface area contributed by atoms with Gasteiger partial charge in [0.15, 0.2) is 0 Å². The summed E-state index contributed by atoms with van der Waals surface area (Å²) in [6, 6.07) is 6.05. The summed E-state index contributed by atoms with van der Waals surface area (Å²) in [4.78, 5) is 4.32. The standard InChI is InChI=1S/C10H9N/c1-8-4-5-10-9(7-8)3-2-6-11-10/h2-5,7H,1,6H2. The first-order valence-corrected chi connectivity index (χ1v) is 3.66. The Balaban J connectivity index is 2.80. The summed E-state index contributed by atoms with van der Waals surface area (Å²) in [7, 11) is 0. The van der Waals surface area contributed by atoms with Gasteiger partial charge in [-0.15, -0.1) is 0 Å². The molecule has 0 spiro atoms. The Morgan fingerprint density at radius 3 is 3.18 bits per heavy atom. The molecule has 0 unspecified atom stereocenters. The van der Waals surface area contributed by atoms with E-state index in [4.69, 9.17) is 0 Å². The smallest absolute Gasteiger partial charge is 0.0650 e. The third kappa shape index (κ3) is 1.09. The lowest BCUT2D eigenvalue weighted by atomic mass is 10.1. The van der Waals surface area contributed by atoms with Crippen LogP contribution in [0.25, 0.3) is 12.7 Å². The topological polar surface area (TPSA) is 12.4 Å². The molecule has 1 aromatic rings. The SMILES string of the molecule is C=c1ccc2c(c1)C=CCN=2. The molecule has 0 bridgehead atoms. The van der Waals surface area contributed by atoms with Gasteiger partial charge in [-0.1, -0.05) is 24.8 Å². The summed E-state index contributed by atoms with van der Waals surface area (Å²) in [6.45, 7) is 4.66. The van der Waals surface area contributed by atoms with Gasteiger partial charge in [-0.05, 0) is 22.9 Å². The number of hydrogen-bond donors (Lipinski definition) is 0. The number of benzene rings is 1. The fourth-order valence-corrected chi connectivity index (χ4v) is 1.21. The Bertz CT molecular complexity index is 401. The molecule has 0 fully saturated rings. The highest BCUT2D eigenvalue weighted by molar-refractivity contribution is 5.50. The van der Waals surface area contributed by atoms with Gasteiger partial charge in [0, 0.05) is 0 Å². The molecule has 11 heavy (non-hydrogen) atoms. The average Bonchev–Trinajstić information content (AvgIpc) is 2.04. The van der Waals surface area contributed by atoms with Crippen molar-refractivity contribution in [3.63, 3.8) is 0 Å². The maximum absolute atomic E-state index is 4.32. The van der Waals surface area contributed by atoms with E-state index in [2.05, 4.69) is 29.8 Å². The van der Waals surface area contributed by atoms with Gasteiger partial charge >= 0.3 is 0 Å². The molecule has 0 saturated carbocycles. The first kappa shape index (κ1) is 6.35. The minimum Gasteiger partial charge on any atom is -0.281 e. The number of nitrogens with zero attached hydrogens (tertiary/aromatic N) is 1. The zero-order chi connectivity index (χ0) is 7.68. The summed E-state index contributed by atoms with van der Waals surface area (Å²) in [5.41, 5.74) is 1.18. The lowest BCUT2D eigenvalue weighted by Gasteiger charge is -1.99. The molecule has 0 N–H and O–H groups in total. The van der Waals surface area contributed by atoms with E-state index in [0.717, 1.165) is 17.1 Å². The zero-order valence-corrected chi connectivity index (χ0v) is 6.25. The summed E-state index contributed by atoms with van der Waals surface area (Å²) in [5.74, 6) is 0. The van der Waals surface area contributed by atoms with Crippen LogP contribution in [-0.2, 0) is 0 Å². The van der Waals surface area contributed by atoms with Gasteiger partial charge in [0.1, 0.15) is 0 Å². The van der Waals surface area contributed by atoms with Gasteiger partial charge in [-0.3, -0.25) is 4.99 Å². The highest BCUT2D eigenvalue weighted by Gasteiger charge is 1.93. The average molecular weight is 143 g/mol. The molecular weight excluding hydrogens is 134 g/mol. The third-order valence-electron chi connectivity index (χ3n) is 1.76. The van der Waals surface area contributed by atoms with Crippen molar-refractivity contribution in [3.8, 4) is 0 Å². The lowest BCUT2D eigenvalue weighted by molar-refractivity contribution is 1.12. The summed E-state index contributed by atoms with van der Waals surface area (Å²) >= 11 is 0. The van der Waals surface area contributed by atoms with E-state index in [1.165, 1.54) is 5.56 Å². The van der Waals surface area contributed by atoms with Crippen LogP contribution in [0.4, 0.5) is 0 Å². The highest BCUT2D eigenvalue weighted by atomic mass is 14.7. The molecule has 0 saturated heterocycles. The van der Waals surface area contributed by atoms with E-state index in [1.54, 1.807) is 0 Å². The minimum atomic E-state index is 0.809. The van der Waals surface area contributed by atoms with Crippen LogP contribution in [0.5, 0.6) is 0 Å². The van der Waals surface area contributed by atoms with E-state index in [9.17, 15) is 0 Å². The van der Waals surface area contributed by atoms with Crippen LogP contribution in [0.15, 0.2) is 29.3 Å². The molecule has 1 heterocycles. The van der Waals surface area contributed by atoms with Crippen LogP contribution in [0, 0.1) is 0 Å². The Hall–Kier alpha value is -1.37. The number of rotatable bonds is 0. The van der Waals surface area contributed by atoms with Gasteiger partial charge in [0.2, 0.25) is 0 Å². The third-order valence-corrected chi connectivity index (χ3v) is 1.76. The van der Waals surface area contributed by atoms with Crippen molar-refractivity contribution in [3.05, 3.63) is 40.4 Å². The Morgan fingerprint density at radius 1 is 1.36 bits per heavy atom. The molecule has 54 valence electrons. The number of fused-ring (bicyclic) bond motifs is 1. The van der Waals surface area contributed by atoms with Crippen molar-refractivity contribution < 1.29 is 0 Å². The Morgan fingerprint density at radius 2 is 2.27 bits per heavy atom. The van der Waals surface area contributed by atoms with E-state index in [-0.39, 0.29) is 0 Å². The second kappa shape index (κ2) is 2.35. The Kier molecular flexibility index (Phi) is 1.35. The second-order valence-corrected chi connectivity index (χ2v) is 2.64. The minimum absolute atomic E-state index is 0.809. The van der Waals surface area contributed by atoms with Crippen LogP contribution in [0.2, 0.25) is 0 Å². The van der Waals surface area contributed by atoms with Crippen LogP contribution in [-0.4, -0.2) is 6.54 Å².